The summed E-state index contributed by atoms with van der Waals surface area (Å²) < 4.78 is 30.8. The van der Waals surface area contributed by atoms with Crippen molar-refractivity contribution in [1.82, 2.24) is 4.31 Å². The Balaban J connectivity index is 3.14. The average Bonchev–Trinajstić information content (AvgIpc) is 2.35. The number of benzene rings is 1. The van der Waals surface area contributed by atoms with Gasteiger partial charge in [0.25, 0.3) is 0 Å². The van der Waals surface area contributed by atoms with Crippen molar-refractivity contribution in [2.24, 2.45) is 0 Å². The predicted octanol–water partition coefficient (Wildman–Crippen LogP) is 0.280. The van der Waals surface area contributed by atoms with Gasteiger partial charge in [0, 0.05) is 25.9 Å². The quantitative estimate of drug-likeness (QED) is 0.727. The molecule has 1 aromatic rings. The van der Waals surface area contributed by atoms with E-state index in [1.54, 1.807) is 6.07 Å². The van der Waals surface area contributed by atoms with E-state index in [0.717, 1.165) is 0 Å². The molecule has 0 aromatic heterocycles. The highest BCUT2D eigenvalue weighted by molar-refractivity contribution is 7.89. The second kappa shape index (κ2) is 6.03. The number of methoxy groups -OCH3 is 1. The van der Waals surface area contributed by atoms with E-state index in [9.17, 15) is 8.42 Å². The van der Waals surface area contributed by atoms with E-state index in [1.807, 2.05) is 0 Å². The molecule has 0 aliphatic carbocycles. The van der Waals surface area contributed by atoms with Gasteiger partial charge in [-0.05, 0) is 24.6 Å². The van der Waals surface area contributed by atoms with E-state index in [0.29, 0.717) is 12.1 Å². The smallest absolute Gasteiger partial charge is 0.246 e. The van der Waals surface area contributed by atoms with Crippen LogP contribution in [0.15, 0.2) is 23.1 Å². The number of nitrogen functional groups attached to an aromatic ring is 1. The summed E-state index contributed by atoms with van der Waals surface area (Å²) in [4.78, 5) is 0.0328. The Hall–Kier alpha value is -1.31. The summed E-state index contributed by atoms with van der Waals surface area (Å²) in [6.07, 6.45) is 0.375. The van der Waals surface area contributed by atoms with Gasteiger partial charge in [-0.25, -0.2) is 12.7 Å². The molecule has 1 rings (SSSR count). The van der Waals surface area contributed by atoms with E-state index in [-0.39, 0.29) is 23.8 Å². The second-order valence-corrected chi connectivity index (χ2v) is 5.83. The van der Waals surface area contributed by atoms with Crippen LogP contribution in [0, 0.1) is 0 Å². The van der Waals surface area contributed by atoms with Crippen molar-refractivity contribution < 1.29 is 18.3 Å². The number of nitrogens with zero attached hydrogens (tertiary/aromatic N) is 1. The molecule has 0 fully saturated rings. The fourth-order valence-corrected chi connectivity index (χ4v) is 2.87. The molecule has 0 aliphatic heterocycles. The van der Waals surface area contributed by atoms with E-state index >= 15 is 0 Å². The Morgan fingerprint density at radius 3 is 2.67 bits per heavy atom. The monoisotopic (exact) mass is 274 g/mol. The van der Waals surface area contributed by atoms with E-state index in [4.69, 9.17) is 15.6 Å². The number of hydrogen-bond donors (Lipinski definition) is 2. The Morgan fingerprint density at radius 2 is 2.11 bits per heavy atom. The van der Waals surface area contributed by atoms with Crippen LogP contribution < -0.4 is 10.5 Å². The van der Waals surface area contributed by atoms with Crippen LogP contribution in [0.25, 0.3) is 0 Å². The van der Waals surface area contributed by atoms with Gasteiger partial charge in [-0.15, -0.1) is 0 Å². The van der Waals surface area contributed by atoms with Crippen LogP contribution in [0.2, 0.25) is 0 Å². The van der Waals surface area contributed by atoms with Crippen LogP contribution in [0.4, 0.5) is 5.69 Å². The normalized spacial score (nSPS) is 11.8. The lowest BCUT2D eigenvalue weighted by Gasteiger charge is -2.18. The summed E-state index contributed by atoms with van der Waals surface area (Å²) in [6, 6.07) is 4.46. The first-order valence-corrected chi connectivity index (χ1v) is 6.88. The highest BCUT2D eigenvalue weighted by Gasteiger charge is 2.24. The maximum absolute atomic E-state index is 12.3. The molecule has 6 nitrogen and oxygen atoms in total. The van der Waals surface area contributed by atoms with Gasteiger partial charge in [-0.2, -0.15) is 0 Å². The highest BCUT2D eigenvalue weighted by Crippen LogP contribution is 2.28. The first kappa shape index (κ1) is 14.7. The van der Waals surface area contributed by atoms with Gasteiger partial charge < -0.3 is 15.6 Å². The van der Waals surface area contributed by atoms with Crippen molar-refractivity contribution in [1.29, 1.82) is 0 Å². The summed E-state index contributed by atoms with van der Waals surface area (Å²) in [5.41, 5.74) is 5.95. The van der Waals surface area contributed by atoms with Crippen molar-refractivity contribution in [3.63, 3.8) is 0 Å². The minimum absolute atomic E-state index is 0.0328. The third-order valence-corrected chi connectivity index (χ3v) is 4.39. The Morgan fingerprint density at radius 1 is 1.44 bits per heavy atom. The standard InChI is InChI=1S/C11H18N2O4S/c1-13(6-3-7-14)18(15,16)11-8-9(12)4-5-10(11)17-2/h4-5,8,14H,3,6-7,12H2,1-2H3. The van der Waals surface area contributed by atoms with Gasteiger partial charge >= 0.3 is 0 Å². The highest BCUT2D eigenvalue weighted by atomic mass is 32.2. The number of hydrogen-bond acceptors (Lipinski definition) is 5. The lowest BCUT2D eigenvalue weighted by Crippen LogP contribution is -2.28. The number of aliphatic hydroxyl groups is 1. The van der Waals surface area contributed by atoms with E-state index in [2.05, 4.69) is 0 Å². The van der Waals surface area contributed by atoms with Crippen molar-refractivity contribution in [3.05, 3.63) is 18.2 Å². The molecule has 0 heterocycles. The maximum atomic E-state index is 12.3. The molecule has 0 atom stereocenters. The molecular formula is C11H18N2O4S. The zero-order valence-corrected chi connectivity index (χ0v) is 11.3. The average molecular weight is 274 g/mol. The Labute approximate surface area is 107 Å². The summed E-state index contributed by atoms with van der Waals surface area (Å²) >= 11 is 0. The third kappa shape index (κ3) is 3.12. The topological polar surface area (TPSA) is 92.9 Å². The predicted molar refractivity (Wildman–Crippen MR) is 68.9 cm³/mol. The van der Waals surface area contributed by atoms with Crippen molar-refractivity contribution in [2.75, 3.05) is 33.0 Å². The molecule has 0 unspecified atom stereocenters. The third-order valence-electron chi connectivity index (χ3n) is 2.51. The summed E-state index contributed by atoms with van der Waals surface area (Å²) in [6.45, 7) is 0.171. The van der Waals surface area contributed by atoms with Crippen LogP contribution in [0.1, 0.15) is 6.42 Å². The molecule has 3 N–H and O–H groups in total. The van der Waals surface area contributed by atoms with Gasteiger partial charge in [0.15, 0.2) is 0 Å². The van der Waals surface area contributed by atoms with Gasteiger partial charge in [-0.1, -0.05) is 0 Å². The molecule has 1 aromatic carbocycles. The number of aliphatic hydroxyl groups excluding tert-OH is 1. The summed E-state index contributed by atoms with van der Waals surface area (Å²) in [7, 11) is -0.806. The van der Waals surface area contributed by atoms with E-state index < -0.39 is 10.0 Å². The molecule has 18 heavy (non-hydrogen) atoms. The zero-order chi connectivity index (χ0) is 13.8. The molecule has 0 radical (unpaired) electrons. The molecule has 0 aliphatic rings. The number of anilines is 1. The SMILES string of the molecule is COc1ccc(N)cc1S(=O)(=O)N(C)CCCO. The molecule has 0 amide bonds. The lowest BCUT2D eigenvalue weighted by atomic mass is 10.3. The largest absolute Gasteiger partial charge is 0.495 e. The Kier molecular flexibility index (Phi) is 4.94. The Bertz CT molecular complexity index is 502. The lowest BCUT2D eigenvalue weighted by molar-refractivity contribution is 0.275. The van der Waals surface area contributed by atoms with Gasteiger partial charge in [0.1, 0.15) is 10.6 Å². The van der Waals surface area contributed by atoms with Gasteiger partial charge in [-0.3, -0.25) is 0 Å². The first-order valence-electron chi connectivity index (χ1n) is 5.44. The van der Waals surface area contributed by atoms with Crippen LogP contribution >= 0.6 is 0 Å². The minimum Gasteiger partial charge on any atom is -0.495 e. The fourth-order valence-electron chi connectivity index (χ4n) is 1.48. The molecular weight excluding hydrogens is 256 g/mol. The zero-order valence-electron chi connectivity index (χ0n) is 10.5. The molecule has 0 spiro atoms. The first-order chi connectivity index (χ1) is 8.43. The molecule has 0 saturated heterocycles. The minimum atomic E-state index is -3.66. The van der Waals surface area contributed by atoms with Crippen LogP contribution in [0.3, 0.4) is 0 Å². The molecule has 0 saturated carbocycles. The van der Waals surface area contributed by atoms with E-state index in [1.165, 1.54) is 30.6 Å². The number of sulfonamides is 1. The number of rotatable bonds is 6. The number of ether oxygens (including phenoxy) is 1. The van der Waals surface area contributed by atoms with Crippen molar-refractivity contribution in [3.8, 4) is 5.75 Å². The fraction of sp³-hybridized carbons (Fsp3) is 0.455. The summed E-state index contributed by atoms with van der Waals surface area (Å²) in [5.74, 6) is 0.250. The molecule has 0 bridgehead atoms. The number of nitrogens with two attached hydrogens (primary N) is 1. The van der Waals surface area contributed by atoms with Gasteiger partial charge in [0.05, 0.1) is 7.11 Å². The van der Waals surface area contributed by atoms with Crippen LogP contribution in [-0.2, 0) is 10.0 Å². The van der Waals surface area contributed by atoms with Crippen LogP contribution in [-0.4, -0.2) is 45.1 Å². The maximum Gasteiger partial charge on any atom is 0.246 e. The van der Waals surface area contributed by atoms with Gasteiger partial charge in [0.2, 0.25) is 10.0 Å². The van der Waals surface area contributed by atoms with Crippen LogP contribution in [0.5, 0.6) is 5.75 Å². The van der Waals surface area contributed by atoms with Crippen molar-refractivity contribution in [2.45, 2.75) is 11.3 Å². The molecule has 7 heteroatoms. The molecule has 102 valence electrons. The summed E-state index contributed by atoms with van der Waals surface area (Å²) in [5, 5.41) is 8.73. The second-order valence-electron chi connectivity index (χ2n) is 3.81. The van der Waals surface area contributed by atoms with Crippen molar-refractivity contribution >= 4 is 15.7 Å².